The number of imide groups is 1. The van der Waals surface area contributed by atoms with Crippen LogP contribution in [0.3, 0.4) is 0 Å². The number of benzene rings is 2. The first kappa shape index (κ1) is 52.2. The van der Waals surface area contributed by atoms with E-state index in [0.717, 1.165) is 0 Å². The summed E-state index contributed by atoms with van der Waals surface area (Å²) in [5.41, 5.74) is -0.327. The van der Waals surface area contributed by atoms with Crippen LogP contribution in [0, 0.1) is 0 Å². The number of ketones is 1. The number of hydroxylamine groups is 2. The molecule has 2 atom stereocenters. The number of ether oxygens (including phenoxy) is 3. The van der Waals surface area contributed by atoms with Crippen molar-refractivity contribution in [3.05, 3.63) is 82.3 Å². The lowest BCUT2D eigenvalue weighted by Crippen LogP contribution is -2.35. The molecule has 1 saturated heterocycles. The van der Waals surface area contributed by atoms with Crippen molar-refractivity contribution in [2.45, 2.75) is 86.3 Å². The molecule has 0 radical (unpaired) electrons. The van der Waals surface area contributed by atoms with Crippen LogP contribution in [-0.2, 0) is 79.4 Å². The van der Waals surface area contributed by atoms with E-state index in [1.807, 2.05) is 0 Å². The van der Waals surface area contributed by atoms with Gasteiger partial charge in [0.25, 0.3) is 42.2 Å². The largest absolute Gasteiger partial charge is 0.506 e. The number of amides is 2. The van der Waals surface area contributed by atoms with E-state index in [2.05, 4.69) is 0 Å². The Morgan fingerprint density at radius 1 is 0.794 bits per heavy atom. The van der Waals surface area contributed by atoms with Gasteiger partial charge in [-0.2, -0.15) is 29.8 Å². The van der Waals surface area contributed by atoms with Crippen molar-refractivity contribution in [2.75, 3.05) is 63.9 Å². The third kappa shape index (κ3) is 11.0. The fourth-order valence-corrected chi connectivity index (χ4v) is 10.5. The summed E-state index contributed by atoms with van der Waals surface area (Å²) in [7, 11) is -12.3. The predicted molar refractivity (Wildman–Crippen MR) is 241 cm³/mol. The minimum absolute atomic E-state index is 0.0105. The van der Waals surface area contributed by atoms with Crippen LogP contribution in [-0.4, -0.2) is 142 Å². The number of nitrogens with zero attached hydrogens (tertiary/aromatic N) is 3. The van der Waals surface area contributed by atoms with Gasteiger partial charge in [-0.05, 0) is 82.0 Å². The Hall–Kier alpha value is -5.18. The van der Waals surface area contributed by atoms with Crippen molar-refractivity contribution in [2.24, 2.45) is 0 Å². The fraction of sp³-hybridized carbons (Fsp3) is 0.477. The second-order valence-corrected chi connectivity index (χ2v) is 21.4. The van der Waals surface area contributed by atoms with E-state index in [-0.39, 0.29) is 89.0 Å². The van der Waals surface area contributed by atoms with E-state index in [1.54, 1.807) is 30.2 Å². The molecule has 3 heterocycles. The Kier molecular flexibility index (Phi) is 15.7. The molecule has 4 N–H and O–H groups in total. The van der Waals surface area contributed by atoms with Crippen LogP contribution >= 0.6 is 0 Å². The molecule has 0 saturated carbocycles. The zero-order chi connectivity index (χ0) is 50.0. The molecule has 6 rings (SSSR count). The highest BCUT2D eigenvalue weighted by molar-refractivity contribution is 7.86. The van der Waals surface area contributed by atoms with Crippen molar-refractivity contribution in [1.82, 2.24) is 5.06 Å². The van der Waals surface area contributed by atoms with Crippen molar-refractivity contribution in [1.29, 1.82) is 0 Å². The second kappa shape index (κ2) is 20.4. The van der Waals surface area contributed by atoms with Gasteiger partial charge in [-0.25, -0.2) is 4.79 Å². The van der Waals surface area contributed by atoms with Gasteiger partial charge in [0.05, 0.1) is 65.0 Å². The number of aliphatic hydroxyl groups is 1. The van der Waals surface area contributed by atoms with Gasteiger partial charge in [-0.1, -0.05) is 0 Å². The lowest BCUT2D eigenvalue weighted by Gasteiger charge is -2.31. The van der Waals surface area contributed by atoms with Crippen molar-refractivity contribution in [3.63, 3.8) is 0 Å². The Bertz CT molecular complexity index is 2860. The van der Waals surface area contributed by atoms with Crippen LogP contribution in [0.4, 0.5) is 11.4 Å². The lowest BCUT2D eigenvalue weighted by atomic mass is 9.74. The van der Waals surface area contributed by atoms with E-state index in [0.29, 0.717) is 52.2 Å². The first-order valence-corrected chi connectivity index (χ1v) is 26.1. The number of Topliss-reactive ketones (excluding diaryl/α,β-unsaturated/α-hetero) is 1. The van der Waals surface area contributed by atoms with Gasteiger partial charge >= 0.3 is 5.97 Å². The quantitative estimate of drug-likeness (QED) is 0.0406. The molecular weight excluding hydrogens is 955 g/mol. The maximum atomic E-state index is 14.4. The number of allylic oxidation sites excluding steroid dienone is 5. The molecule has 0 aromatic heterocycles. The lowest BCUT2D eigenvalue weighted by molar-refractivity contribution is -0.438. The number of hydrogen-bond acceptors (Lipinski definition) is 16. The average Bonchev–Trinajstić information content (AvgIpc) is 3.79. The van der Waals surface area contributed by atoms with Crippen LogP contribution in [0.15, 0.2) is 80.9 Å². The molecule has 0 bridgehead atoms. The number of aliphatic hydroxyl groups excluding tert-OH is 1. The fourth-order valence-electron chi connectivity index (χ4n) is 8.94. The first-order valence-electron chi connectivity index (χ1n) is 21.6. The number of rotatable bonds is 23. The molecule has 2 aromatic rings. The molecule has 24 heteroatoms. The Labute approximate surface area is 393 Å². The zero-order valence-electron chi connectivity index (χ0n) is 37.8. The van der Waals surface area contributed by atoms with Crippen LogP contribution in [0.1, 0.15) is 76.8 Å². The summed E-state index contributed by atoms with van der Waals surface area (Å²) >= 11 is 0. The Balaban J connectivity index is 1.43. The molecule has 3 aliphatic heterocycles. The molecule has 0 spiro atoms. The number of methoxy groups -OCH3 is 1. The molecule has 68 heavy (non-hydrogen) atoms. The topological polar surface area (TPSA) is 298 Å². The predicted octanol–water partition coefficient (Wildman–Crippen LogP) is 3.66. The highest BCUT2D eigenvalue weighted by Crippen LogP contribution is 2.52. The number of likely N-dealkylation sites (N-methyl/N-ethyl adjacent to an activating group) is 1. The van der Waals surface area contributed by atoms with Crippen LogP contribution in [0.25, 0.3) is 0 Å². The number of anilines is 1. The van der Waals surface area contributed by atoms with Crippen molar-refractivity contribution >= 4 is 71.0 Å². The minimum atomic E-state index is -4.73. The van der Waals surface area contributed by atoms with Gasteiger partial charge in [-0.3, -0.25) is 28.0 Å². The second-order valence-electron chi connectivity index (χ2n) is 16.9. The van der Waals surface area contributed by atoms with E-state index in [1.165, 1.54) is 55.7 Å². The number of carbonyl (C=O) groups is 4. The Morgan fingerprint density at radius 2 is 1.40 bits per heavy atom. The number of fused-ring (bicyclic) bond motifs is 2. The normalized spacial score (nSPS) is 22.0. The van der Waals surface area contributed by atoms with Gasteiger partial charge in [0.15, 0.2) is 5.71 Å². The van der Waals surface area contributed by atoms with Gasteiger partial charge in [0.1, 0.15) is 12.3 Å². The SMILES string of the molecule is CCN1C(=CC2=C(O)C(=CC3=[N+](CCCC(=O)ON4C(=O)CCC4=O)c4ccc(S(=O)(=O)O)cc4C3(C)CCOCCOCCOC)C2=O)C(C)(CCCS(=O)(=O)O)c2cc(S(=O)(=O)O)ccc21. The Morgan fingerprint density at radius 3 is 1.99 bits per heavy atom. The van der Waals surface area contributed by atoms with E-state index >= 15 is 0 Å². The molecule has 2 amide bonds. The van der Waals surface area contributed by atoms with Gasteiger partial charge in [0, 0.05) is 74.0 Å². The van der Waals surface area contributed by atoms with Crippen LogP contribution in [0.5, 0.6) is 0 Å². The number of carbonyl (C=O) groups excluding carboxylic acids is 4. The molecule has 2 aromatic carbocycles. The maximum Gasteiger partial charge on any atom is 0.333 e. The van der Waals surface area contributed by atoms with E-state index in [4.69, 9.17) is 19.0 Å². The van der Waals surface area contributed by atoms with E-state index in [9.17, 15) is 63.2 Å². The third-order valence-corrected chi connectivity index (χ3v) is 15.0. The zero-order valence-corrected chi connectivity index (χ0v) is 40.2. The summed E-state index contributed by atoms with van der Waals surface area (Å²) in [4.78, 5) is 57.4. The summed E-state index contributed by atoms with van der Waals surface area (Å²) in [5, 5.41) is 12.2. The molecule has 370 valence electrons. The van der Waals surface area contributed by atoms with Crippen LogP contribution < -0.4 is 4.90 Å². The van der Waals surface area contributed by atoms with Gasteiger partial charge < -0.3 is 29.1 Å². The van der Waals surface area contributed by atoms with Crippen LogP contribution in [0.2, 0.25) is 0 Å². The molecular formula is C44H54N3O18S3+. The maximum absolute atomic E-state index is 14.4. The molecule has 1 fully saturated rings. The van der Waals surface area contributed by atoms with Gasteiger partial charge in [-0.15, -0.1) is 5.06 Å². The standard InChI is InChI=1S/C44H53N3O18S3/c1-5-45-34-11-9-28(67(56,57)58)24-32(34)43(2,15-7-23-66(53,54)55)36(45)26-30-41(51)31(42(30)52)27-37-44(3,16-18-63-21-22-64-20-19-62-4)33-25-29(68(59,60)61)10-12-35(33)46(37)17-6-8-40(50)65-47-38(48)13-14-39(47)49/h9-12,24-27H,5-8,13-23H2,1-4H3,(H3-,51,52,53,54,55,56,57,58,59,60,61)/p+1. The highest BCUT2D eigenvalue weighted by Gasteiger charge is 2.51. The monoisotopic (exact) mass is 1010 g/mol. The molecule has 2 unspecified atom stereocenters. The average molecular weight is 1010 g/mol. The summed E-state index contributed by atoms with van der Waals surface area (Å²) < 4.78 is 121. The summed E-state index contributed by atoms with van der Waals surface area (Å²) in [6.45, 7) is 6.67. The molecule has 1 aliphatic carbocycles. The van der Waals surface area contributed by atoms with Crippen molar-refractivity contribution in [3.8, 4) is 0 Å². The summed E-state index contributed by atoms with van der Waals surface area (Å²) in [5.74, 6) is -3.92. The minimum Gasteiger partial charge on any atom is -0.506 e. The van der Waals surface area contributed by atoms with Crippen molar-refractivity contribution < 1.29 is 86.8 Å². The molecule has 21 nitrogen and oxygen atoms in total. The smallest absolute Gasteiger partial charge is 0.333 e. The van der Waals surface area contributed by atoms with Gasteiger partial charge in [0.2, 0.25) is 11.5 Å². The summed E-state index contributed by atoms with van der Waals surface area (Å²) in [6.07, 6.45) is 2.47. The third-order valence-electron chi connectivity index (χ3n) is 12.5. The van der Waals surface area contributed by atoms with E-state index < -0.39 is 86.1 Å². The molecule has 4 aliphatic rings. The summed E-state index contributed by atoms with van der Waals surface area (Å²) in [6, 6.07) is 7.84. The highest BCUT2D eigenvalue weighted by atomic mass is 32.2. The first-order chi connectivity index (χ1) is 31.9. The number of hydrogen-bond donors (Lipinski definition) is 4.